The number of piperidine rings is 1. The van der Waals surface area contributed by atoms with Crippen molar-refractivity contribution >= 4 is 0 Å². The number of likely N-dealkylation sites (tertiary alicyclic amines) is 1. The molecule has 1 fully saturated rings. The molecular formula is C15H30N4. The minimum absolute atomic E-state index is 0.323. The van der Waals surface area contributed by atoms with Gasteiger partial charge in [0.05, 0.1) is 6.07 Å². The van der Waals surface area contributed by atoms with E-state index in [-0.39, 0.29) is 5.54 Å². The van der Waals surface area contributed by atoms with E-state index in [4.69, 9.17) is 0 Å². The molecule has 0 aromatic carbocycles. The lowest BCUT2D eigenvalue weighted by atomic mass is 9.92. The van der Waals surface area contributed by atoms with Gasteiger partial charge in [-0.3, -0.25) is 0 Å². The zero-order valence-corrected chi connectivity index (χ0v) is 13.1. The van der Waals surface area contributed by atoms with E-state index in [1.54, 1.807) is 0 Å². The summed E-state index contributed by atoms with van der Waals surface area (Å²) in [5.41, 5.74) is -0.323. The molecule has 0 bridgehead atoms. The summed E-state index contributed by atoms with van der Waals surface area (Å²) < 4.78 is 0. The number of hydrogen-bond donors (Lipinski definition) is 1. The second-order valence-corrected chi connectivity index (χ2v) is 5.96. The standard InChI is InChI=1S/C15H30N4/c1-5-15(13-16,17-2)9-7-11-19-10-6-8-14(12-19)18(3)4/h14,17H,5-12H2,1-4H3. The lowest BCUT2D eigenvalue weighted by molar-refractivity contribution is 0.129. The van der Waals surface area contributed by atoms with E-state index >= 15 is 0 Å². The number of nitriles is 1. The second-order valence-electron chi connectivity index (χ2n) is 5.96. The quantitative estimate of drug-likeness (QED) is 0.761. The van der Waals surface area contributed by atoms with Crippen molar-refractivity contribution in [2.75, 3.05) is 40.8 Å². The Bertz CT molecular complexity index is 291. The highest BCUT2D eigenvalue weighted by molar-refractivity contribution is 5.05. The molecule has 0 spiro atoms. The molecule has 0 aromatic rings. The normalized spacial score (nSPS) is 24.1. The average molecular weight is 266 g/mol. The van der Waals surface area contributed by atoms with Crippen molar-refractivity contribution in [1.29, 1.82) is 5.26 Å². The Morgan fingerprint density at radius 3 is 2.74 bits per heavy atom. The van der Waals surface area contributed by atoms with E-state index in [1.807, 2.05) is 7.05 Å². The van der Waals surface area contributed by atoms with Gasteiger partial charge in [0, 0.05) is 12.6 Å². The highest BCUT2D eigenvalue weighted by Gasteiger charge is 2.26. The summed E-state index contributed by atoms with van der Waals surface area (Å²) >= 11 is 0. The molecule has 4 heteroatoms. The van der Waals surface area contributed by atoms with Gasteiger partial charge in [0.15, 0.2) is 0 Å². The van der Waals surface area contributed by atoms with Crippen LogP contribution in [0.4, 0.5) is 0 Å². The second kappa shape index (κ2) is 7.84. The number of hydrogen-bond acceptors (Lipinski definition) is 4. The van der Waals surface area contributed by atoms with Gasteiger partial charge in [0.25, 0.3) is 0 Å². The molecule has 1 heterocycles. The Morgan fingerprint density at radius 1 is 1.47 bits per heavy atom. The van der Waals surface area contributed by atoms with E-state index in [0.29, 0.717) is 6.04 Å². The summed E-state index contributed by atoms with van der Waals surface area (Å²) in [4.78, 5) is 4.90. The van der Waals surface area contributed by atoms with Gasteiger partial charge in [0.2, 0.25) is 0 Å². The molecule has 0 amide bonds. The van der Waals surface area contributed by atoms with Crippen LogP contribution in [0.2, 0.25) is 0 Å². The zero-order chi connectivity index (χ0) is 14.3. The van der Waals surface area contributed by atoms with Gasteiger partial charge < -0.3 is 15.1 Å². The van der Waals surface area contributed by atoms with Crippen molar-refractivity contribution in [2.24, 2.45) is 0 Å². The van der Waals surface area contributed by atoms with E-state index in [9.17, 15) is 5.26 Å². The Kier molecular flexibility index (Phi) is 6.78. The van der Waals surface area contributed by atoms with Crippen LogP contribution in [0, 0.1) is 11.3 Å². The third-order valence-electron chi connectivity index (χ3n) is 4.58. The fourth-order valence-corrected chi connectivity index (χ4v) is 2.93. The van der Waals surface area contributed by atoms with Gasteiger partial charge >= 0.3 is 0 Å². The minimum Gasteiger partial charge on any atom is -0.305 e. The molecule has 1 aliphatic heterocycles. The lowest BCUT2D eigenvalue weighted by Crippen LogP contribution is -2.46. The van der Waals surface area contributed by atoms with Crippen LogP contribution in [-0.4, -0.2) is 62.2 Å². The van der Waals surface area contributed by atoms with Crippen LogP contribution in [0.3, 0.4) is 0 Å². The third-order valence-corrected chi connectivity index (χ3v) is 4.58. The largest absolute Gasteiger partial charge is 0.305 e. The molecular weight excluding hydrogens is 236 g/mol. The molecule has 1 aliphatic rings. The van der Waals surface area contributed by atoms with E-state index in [1.165, 1.54) is 25.9 Å². The van der Waals surface area contributed by atoms with Gasteiger partial charge in [0.1, 0.15) is 5.54 Å². The summed E-state index contributed by atoms with van der Waals surface area (Å²) in [6.45, 7) is 5.60. The first-order chi connectivity index (χ1) is 9.06. The monoisotopic (exact) mass is 266 g/mol. The molecule has 0 saturated carbocycles. The molecule has 110 valence electrons. The maximum absolute atomic E-state index is 9.30. The van der Waals surface area contributed by atoms with Crippen LogP contribution in [0.5, 0.6) is 0 Å². The van der Waals surface area contributed by atoms with Crippen molar-refractivity contribution in [3.8, 4) is 6.07 Å². The molecule has 4 nitrogen and oxygen atoms in total. The van der Waals surface area contributed by atoms with Crippen LogP contribution >= 0.6 is 0 Å². The first-order valence-corrected chi connectivity index (χ1v) is 7.56. The lowest BCUT2D eigenvalue weighted by Gasteiger charge is -2.36. The Hall–Kier alpha value is -0.630. The van der Waals surface area contributed by atoms with Crippen LogP contribution in [-0.2, 0) is 0 Å². The van der Waals surface area contributed by atoms with Crippen molar-refractivity contribution in [3.63, 3.8) is 0 Å². The highest BCUT2D eigenvalue weighted by Crippen LogP contribution is 2.18. The average Bonchev–Trinajstić information content (AvgIpc) is 2.44. The molecule has 1 saturated heterocycles. The maximum Gasteiger partial charge on any atom is 0.106 e. The highest BCUT2D eigenvalue weighted by atomic mass is 15.2. The summed E-state index contributed by atoms with van der Waals surface area (Å²) in [5, 5.41) is 12.5. The van der Waals surface area contributed by atoms with Gasteiger partial charge in [-0.1, -0.05) is 6.92 Å². The summed E-state index contributed by atoms with van der Waals surface area (Å²) in [5.74, 6) is 0. The molecule has 1 N–H and O–H groups in total. The van der Waals surface area contributed by atoms with Crippen molar-refractivity contribution in [3.05, 3.63) is 0 Å². The van der Waals surface area contributed by atoms with Crippen molar-refractivity contribution in [1.82, 2.24) is 15.1 Å². The topological polar surface area (TPSA) is 42.3 Å². The SMILES string of the molecule is CCC(C#N)(CCCN1CCCC(N(C)C)C1)NC. The smallest absolute Gasteiger partial charge is 0.106 e. The van der Waals surface area contributed by atoms with Crippen LogP contribution in [0.15, 0.2) is 0 Å². The van der Waals surface area contributed by atoms with E-state index in [0.717, 1.165) is 25.8 Å². The number of likely N-dealkylation sites (N-methyl/N-ethyl adjacent to an activating group) is 1. The van der Waals surface area contributed by atoms with Gasteiger partial charge in [-0.05, 0) is 66.3 Å². The van der Waals surface area contributed by atoms with Gasteiger partial charge in [-0.25, -0.2) is 0 Å². The van der Waals surface area contributed by atoms with Crippen LogP contribution < -0.4 is 5.32 Å². The maximum atomic E-state index is 9.30. The Morgan fingerprint density at radius 2 is 2.21 bits per heavy atom. The summed E-state index contributed by atoms with van der Waals surface area (Å²) in [6, 6.07) is 3.14. The fraction of sp³-hybridized carbons (Fsp3) is 0.933. The fourth-order valence-electron chi connectivity index (χ4n) is 2.93. The molecule has 0 aromatic heterocycles. The molecule has 2 unspecified atom stereocenters. The molecule has 0 aliphatic carbocycles. The van der Waals surface area contributed by atoms with Crippen molar-refractivity contribution in [2.45, 2.75) is 50.6 Å². The third kappa shape index (κ3) is 4.76. The molecule has 2 atom stereocenters. The number of nitrogens with zero attached hydrogens (tertiary/aromatic N) is 3. The van der Waals surface area contributed by atoms with Crippen molar-refractivity contribution < 1.29 is 0 Å². The van der Waals surface area contributed by atoms with Gasteiger partial charge in [-0.15, -0.1) is 0 Å². The zero-order valence-electron chi connectivity index (χ0n) is 13.1. The Balaban J connectivity index is 2.35. The first kappa shape index (κ1) is 16.4. The number of rotatable bonds is 7. The summed E-state index contributed by atoms with van der Waals surface area (Å²) in [7, 11) is 6.25. The summed E-state index contributed by atoms with van der Waals surface area (Å²) in [6.07, 6.45) is 5.53. The number of nitrogens with one attached hydrogen (secondary N) is 1. The predicted octanol–water partition coefficient (Wildman–Crippen LogP) is 1.68. The molecule has 0 radical (unpaired) electrons. The van der Waals surface area contributed by atoms with Crippen LogP contribution in [0.25, 0.3) is 0 Å². The van der Waals surface area contributed by atoms with Crippen LogP contribution in [0.1, 0.15) is 39.0 Å². The minimum atomic E-state index is -0.323. The predicted molar refractivity (Wildman–Crippen MR) is 80.1 cm³/mol. The van der Waals surface area contributed by atoms with E-state index < -0.39 is 0 Å². The molecule has 1 rings (SSSR count). The van der Waals surface area contributed by atoms with E-state index in [2.05, 4.69) is 42.2 Å². The first-order valence-electron chi connectivity index (χ1n) is 7.56. The van der Waals surface area contributed by atoms with Gasteiger partial charge in [-0.2, -0.15) is 5.26 Å². The molecule has 19 heavy (non-hydrogen) atoms. The Labute approximate surface area is 118 Å².